The van der Waals surface area contributed by atoms with E-state index in [1.54, 1.807) is 6.07 Å². The van der Waals surface area contributed by atoms with Crippen LogP contribution in [0.5, 0.6) is 0 Å². The number of rotatable bonds is 4. The summed E-state index contributed by atoms with van der Waals surface area (Å²) >= 11 is 0. The maximum Gasteiger partial charge on any atom is 0.304 e. The Morgan fingerprint density at radius 3 is 2.69 bits per heavy atom. The number of halogens is 1. The highest BCUT2D eigenvalue weighted by Gasteiger charge is 2.45. The Balaban J connectivity index is 2.31. The minimum atomic E-state index is -0.814. The Morgan fingerprint density at radius 2 is 2.25 bits per heavy atom. The minimum Gasteiger partial charge on any atom is -0.304 e. The molecular formula is C10H11FN2O3. The van der Waals surface area contributed by atoms with Gasteiger partial charge in [0.1, 0.15) is 0 Å². The molecule has 86 valence electrons. The molecule has 0 bridgehead atoms. The summed E-state index contributed by atoms with van der Waals surface area (Å²) in [5.41, 5.74) is -0.0423. The first-order valence-corrected chi connectivity index (χ1v) is 4.85. The van der Waals surface area contributed by atoms with Crippen molar-refractivity contribution < 1.29 is 14.2 Å². The maximum absolute atomic E-state index is 13.4. The van der Waals surface area contributed by atoms with E-state index in [9.17, 15) is 14.5 Å². The second-order valence-electron chi connectivity index (χ2n) is 4.01. The van der Waals surface area contributed by atoms with Crippen LogP contribution in [0.4, 0.5) is 10.1 Å². The van der Waals surface area contributed by atoms with Crippen LogP contribution in [0, 0.1) is 15.9 Å². The summed E-state index contributed by atoms with van der Waals surface area (Å²) in [6.07, 6.45) is 1.73. The molecule has 1 aromatic carbocycles. The van der Waals surface area contributed by atoms with Gasteiger partial charge in [0.05, 0.1) is 11.5 Å². The molecule has 2 rings (SSSR count). The molecule has 0 radical (unpaired) electrons. The average Bonchev–Trinajstić information content (AvgIpc) is 2.99. The zero-order valence-electron chi connectivity index (χ0n) is 8.48. The van der Waals surface area contributed by atoms with Gasteiger partial charge in [-0.25, -0.2) is 5.90 Å². The highest BCUT2D eigenvalue weighted by atomic mass is 19.1. The third-order valence-corrected chi connectivity index (χ3v) is 2.97. The third-order valence-electron chi connectivity index (χ3n) is 2.97. The molecule has 0 aromatic heterocycles. The molecule has 1 aliphatic rings. The van der Waals surface area contributed by atoms with Gasteiger partial charge >= 0.3 is 5.69 Å². The largest absolute Gasteiger partial charge is 0.304 e. The molecule has 16 heavy (non-hydrogen) atoms. The summed E-state index contributed by atoms with van der Waals surface area (Å²) in [6, 6.07) is 3.94. The van der Waals surface area contributed by atoms with Gasteiger partial charge in [-0.2, -0.15) is 4.39 Å². The number of nitro groups is 1. The molecule has 0 heterocycles. The van der Waals surface area contributed by atoms with Gasteiger partial charge in [-0.15, -0.1) is 0 Å². The Hall–Kier alpha value is -1.53. The van der Waals surface area contributed by atoms with Gasteiger partial charge in [0.25, 0.3) is 0 Å². The van der Waals surface area contributed by atoms with Crippen molar-refractivity contribution in [3.63, 3.8) is 0 Å². The van der Waals surface area contributed by atoms with Crippen LogP contribution in [-0.4, -0.2) is 11.5 Å². The van der Waals surface area contributed by atoms with Gasteiger partial charge in [-0.3, -0.25) is 10.1 Å². The lowest BCUT2D eigenvalue weighted by atomic mass is 9.96. The molecule has 0 amide bonds. The molecule has 1 aliphatic carbocycles. The normalized spacial score (nSPS) is 17.1. The average molecular weight is 226 g/mol. The zero-order valence-corrected chi connectivity index (χ0v) is 8.48. The van der Waals surface area contributed by atoms with Crippen molar-refractivity contribution >= 4 is 5.69 Å². The van der Waals surface area contributed by atoms with Crippen LogP contribution >= 0.6 is 0 Å². The first-order chi connectivity index (χ1) is 7.59. The maximum atomic E-state index is 13.4. The highest BCUT2D eigenvalue weighted by molar-refractivity contribution is 5.40. The quantitative estimate of drug-likeness (QED) is 0.625. The SMILES string of the molecule is NOCC1(c2ccc([N+](=O)[O-])c(F)c2)CC1. The number of nitrogens with zero attached hydrogens (tertiary/aromatic N) is 1. The fourth-order valence-corrected chi connectivity index (χ4v) is 1.81. The van der Waals surface area contributed by atoms with Crippen LogP contribution in [0.25, 0.3) is 0 Å². The molecule has 1 fully saturated rings. The molecule has 0 atom stereocenters. The topological polar surface area (TPSA) is 78.4 Å². The highest BCUT2D eigenvalue weighted by Crippen LogP contribution is 2.48. The smallest absolute Gasteiger partial charge is 0.304 e. The third kappa shape index (κ3) is 1.77. The number of hydrogen-bond acceptors (Lipinski definition) is 4. The molecule has 6 heteroatoms. The van der Waals surface area contributed by atoms with E-state index in [-0.39, 0.29) is 5.41 Å². The molecule has 0 spiro atoms. The molecule has 0 saturated heterocycles. The van der Waals surface area contributed by atoms with E-state index in [4.69, 9.17) is 5.90 Å². The summed E-state index contributed by atoms with van der Waals surface area (Å²) in [6.45, 7) is 0.310. The summed E-state index contributed by atoms with van der Waals surface area (Å²) in [7, 11) is 0. The zero-order chi connectivity index (χ0) is 11.8. The Kier molecular flexibility index (Phi) is 2.61. The molecule has 5 nitrogen and oxygen atoms in total. The van der Waals surface area contributed by atoms with Crippen LogP contribution in [0.15, 0.2) is 18.2 Å². The van der Waals surface area contributed by atoms with Crippen LogP contribution in [-0.2, 0) is 10.3 Å². The summed E-state index contributed by atoms with van der Waals surface area (Å²) in [5, 5.41) is 10.4. The number of nitro benzene ring substituents is 1. The Labute approximate surface area is 91.1 Å². The summed E-state index contributed by atoms with van der Waals surface area (Å²) < 4.78 is 13.4. The van der Waals surface area contributed by atoms with Crippen molar-refractivity contribution in [1.29, 1.82) is 0 Å². The Bertz CT molecular complexity index is 432. The van der Waals surface area contributed by atoms with Gasteiger partial charge in [0.2, 0.25) is 5.82 Å². The van der Waals surface area contributed by atoms with Gasteiger partial charge < -0.3 is 4.84 Å². The molecule has 0 aliphatic heterocycles. The van der Waals surface area contributed by atoms with E-state index in [0.717, 1.165) is 12.8 Å². The molecule has 2 N–H and O–H groups in total. The first-order valence-electron chi connectivity index (χ1n) is 4.85. The fourth-order valence-electron chi connectivity index (χ4n) is 1.81. The van der Waals surface area contributed by atoms with E-state index in [2.05, 4.69) is 4.84 Å². The van der Waals surface area contributed by atoms with Gasteiger partial charge in [0, 0.05) is 11.5 Å². The lowest BCUT2D eigenvalue weighted by Crippen LogP contribution is -2.18. The first kappa shape index (κ1) is 11.0. The van der Waals surface area contributed by atoms with Crippen LogP contribution < -0.4 is 5.90 Å². The molecule has 1 saturated carbocycles. The van der Waals surface area contributed by atoms with Crippen molar-refractivity contribution in [2.24, 2.45) is 5.90 Å². The van der Waals surface area contributed by atoms with Crippen molar-refractivity contribution in [3.8, 4) is 0 Å². The molecular weight excluding hydrogens is 215 g/mol. The lowest BCUT2D eigenvalue weighted by Gasteiger charge is -2.13. The lowest BCUT2D eigenvalue weighted by molar-refractivity contribution is -0.387. The van der Waals surface area contributed by atoms with Crippen molar-refractivity contribution in [2.75, 3.05) is 6.61 Å². The van der Waals surface area contributed by atoms with E-state index in [1.807, 2.05) is 0 Å². The molecule has 1 aromatic rings. The number of hydrogen-bond donors (Lipinski definition) is 1. The summed E-state index contributed by atoms with van der Waals surface area (Å²) in [4.78, 5) is 14.3. The van der Waals surface area contributed by atoms with Crippen LogP contribution in [0.2, 0.25) is 0 Å². The van der Waals surface area contributed by atoms with Crippen LogP contribution in [0.3, 0.4) is 0 Å². The number of nitrogens with two attached hydrogens (primary N) is 1. The van der Waals surface area contributed by atoms with Gasteiger partial charge in [-0.1, -0.05) is 6.07 Å². The molecule has 0 unspecified atom stereocenters. The van der Waals surface area contributed by atoms with Crippen molar-refractivity contribution in [1.82, 2.24) is 0 Å². The van der Waals surface area contributed by atoms with Crippen molar-refractivity contribution in [2.45, 2.75) is 18.3 Å². The standard InChI is InChI=1S/C10H11FN2O3/c11-8-5-7(1-2-9(8)13(14)15)10(3-4-10)6-16-12/h1-2,5H,3-4,6,12H2. The number of benzene rings is 1. The van der Waals surface area contributed by atoms with E-state index in [0.29, 0.717) is 12.2 Å². The van der Waals surface area contributed by atoms with E-state index in [1.165, 1.54) is 12.1 Å². The van der Waals surface area contributed by atoms with Gasteiger partial charge in [0.15, 0.2) is 0 Å². The van der Waals surface area contributed by atoms with E-state index < -0.39 is 16.4 Å². The summed E-state index contributed by atoms with van der Waals surface area (Å²) in [5.74, 6) is 4.19. The second kappa shape index (κ2) is 3.80. The second-order valence-corrected chi connectivity index (χ2v) is 4.01. The van der Waals surface area contributed by atoms with Gasteiger partial charge in [-0.05, 0) is 24.5 Å². The minimum absolute atomic E-state index is 0.245. The van der Waals surface area contributed by atoms with Crippen molar-refractivity contribution in [3.05, 3.63) is 39.7 Å². The Morgan fingerprint density at radius 1 is 1.56 bits per heavy atom. The fraction of sp³-hybridized carbons (Fsp3) is 0.400. The monoisotopic (exact) mass is 226 g/mol. The van der Waals surface area contributed by atoms with E-state index >= 15 is 0 Å². The van der Waals surface area contributed by atoms with Crippen LogP contribution in [0.1, 0.15) is 18.4 Å². The predicted molar refractivity (Wildman–Crippen MR) is 54.1 cm³/mol. The predicted octanol–water partition coefficient (Wildman–Crippen LogP) is 1.66.